The standard InChI is InChI=1S/C14H18FN5OS/c1-3-4-7-22-9(2)14(21)16-12-8-10(5-6-11(12)15)13-17-19-20-18-13/h5-6,8-9H,3-4,7H2,1-2H3,(H,16,21)(H,17,18,19,20). The van der Waals surface area contributed by atoms with Crippen molar-refractivity contribution in [1.82, 2.24) is 20.6 Å². The van der Waals surface area contributed by atoms with Crippen molar-refractivity contribution < 1.29 is 9.18 Å². The molecule has 1 heterocycles. The third-order valence-electron chi connectivity index (χ3n) is 3.06. The number of hydrogen-bond donors (Lipinski definition) is 2. The monoisotopic (exact) mass is 323 g/mol. The minimum absolute atomic E-state index is 0.121. The number of carbonyl (C=O) groups excluding carboxylic acids is 1. The van der Waals surface area contributed by atoms with Crippen molar-refractivity contribution >= 4 is 23.4 Å². The van der Waals surface area contributed by atoms with Crippen molar-refractivity contribution in [3.8, 4) is 11.4 Å². The van der Waals surface area contributed by atoms with Crippen molar-refractivity contribution in [3.63, 3.8) is 0 Å². The molecule has 1 atom stereocenters. The SMILES string of the molecule is CCCCSC(C)C(=O)Nc1cc(-c2nn[nH]n2)ccc1F. The van der Waals surface area contributed by atoms with Gasteiger partial charge in [-0.1, -0.05) is 13.3 Å². The van der Waals surface area contributed by atoms with E-state index in [2.05, 4.69) is 32.9 Å². The molecule has 1 unspecified atom stereocenters. The second-order valence-electron chi connectivity index (χ2n) is 4.79. The van der Waals surface area contributed by atoms with E-state index in [-0.39, 0.29) is 16.8 Å². The first-order valence-corrected chi connectivity index (χ1v) is 8.12. The van der Waals surface area contributed by atoms with Crippen LogP contribution in [-0.2, 0) is 4.79 Å². The van der Waals surface area contributed by atoms with Crippen LogP contribution in [0, 0.1) is 5.82 Å². The van der Waals surface area contributed by atoms with E-state index in [1.807, 2.05) is 6.92 Å². The number of nitrogens with zero attached hydrogens (tertiary/aromatic N) is 3. The molecule has 118 valence electrons. The Balaban J connectivity index is 2.05. The van der Waals surface area contributed by atoms with E-state index in [4.69, 9.17) is 0 Å². The fourth-order valence-corrected chi connectivity index (χ4v) is 2.78. The van der Waals surface area contributed by atoms with E-state index in [9.17, 15) is 9.18 Å². The van der Waals surface area contributed by atoms with Crippen molar-refractivity contribution in [3.05, 3.63) is 24.0 Å². The summed E-state index contributed by atoms with van der Waals surface area (Å²) in [5.41, 5.74) is 0.701. The Morgan fingerprint density at radius 3 is 3.00 bits per heavy atom. The van der Waals surface area contributed by atoms with Crippen LogP contribution in [-0.4, -0.2) is 37.5 Å². The number of halogens is 1. The van der Waals surface area contributed by atoms with Gasteiger partial charge in [0.05, 0.1) is 10.9 Å². The number of H-pyrrole nitrogens is 1. The van der Waals surface area contributed by atoms with Gasteiger partial charge in [0.15, 0.2) is 0 Å². The van der Waals surface area contributed by atoms with Crippen LogP contribution >= 0.6 is 11.8 Å². The fraction of sp³-hybridized carbons (Fsp3) is 0.429. The van der Waals surface area contributed by atoms with Crippen LogP contribution in [0.25, 0.3) is 11.4 Å². The topological polar surface area (TPSA) is 83.6 Å². The fourth-order valence-electron chi connectivity index (χ4n) is 1.76. The van der Waals surface area contributed by atoms with Crippen molar-refractivity contribution in [2.24, 2.45) is 0 Å². The molecule has 8 heteroatoms. The Bertz CT molecular complexity index is 620. The molecular weight excluding hydrogens is 305 g/mol. The van der Waals surface area contributed by atoms with Gasteiger partial charge in [-0.05, 0) is 42.5 Å². The average Bonchev–Trinajstić information content (AvgIpc) is 3.04. The van der Waals surface area contributed by atoms with E-state index in [1.165, 1.54) is 18.2 Å². The highest BCUT2D eigenvalue weighted by atomic mass is 32.2. The first kappa shape index (κ1) is 16.4. The number of thioether (sulfide) groups is 1. The minimum atomic E-state index is -0.494. The Labute approximate surface area is 132 Å². The predicted molar refractivity (Wildman–Crippen MR) is 85.0 cm³/mol. The maximum atomic E-state index is 13.9. The molecule has 0 saturated carbocycles. The summed E-state index contributed by atoms with van der Waals surface area (Å²) in [4.78, 5) is 12.1. The molecule has 1 aromatic heterocycles. The number of aromatic amines is 1. The highest BCUT2D eigenvalue weighted by Gasteiger charge is 2.16. The summed E-state index contributed by atoms with van der Waals surface area (Å²) in [5.74, 6) is 0.550. The van der Waals surface area contributed by atoms with Gasteiger partial charge >= 0.3 is 0 Å². The zero-order chi connectivity index (χ0) is 15.9. The van der Waals surface area contributed by atoms with Crippen LogP contribution in [0.3, 0.4) is 0 Å². The number of amides is 1. The third kappa shape index (κ3) is 4.27. The normalized spacial score (nSPS) is 12.1. The lowest BCUT2D eigenvalue weighted by Crippen LogP contribution is -2.23. The number of nitrogens with one attached hydrogen (secondary N) is 2. The predicted octanol–water partition coefficient (Wildman–Crippen LogP) is 2.87. The minimum Gasteiger partial charge on any atom is -0.323 e. The summed E-state index contributed by atoms with van der Waals surface area (Å²) in [6.45, 7) is 3.92. The maximum Gasteiger partial charge on any atom is 0.237 e. The Morgan fingerprint density at radius 2 is 2.32 bits per heavy atom. The quantitative estimate of drug-likeness (QED) is 0.766. The van der Waals surface area contributed by atoms with Crippen LogP contribution in [0.15, 0.2) is 18.2 Å². The van der Waals surface area contributed by atoms with Crippen molar-refractivity contribution in [2.45, 2.75) is 31.9 Å². The lowest BCUT2D eigenvalue weighted by molar-refractivity contribution is -0.115. The summed E-state index contributed by atoms with van der Waals surface area (Å²) in [7, 11) is 0. The molecule has 0 radical (unpaired) electrons. The molecule has 0 aliphatic carbocycles. The zero-order valence-electron chi connectivity index (χ0n) is 12.5. The summed E-state index contributed by atoms with van der Waals surface area (Å²) >= 11 is 1.56. The van der Waals surface area contributed by atoms with Gasteiger partial charge in [-0.2, -0.15) is 5.21 Å². The Morgan fingerprint density at radius 1 is 1.50 bits per heavy atom. The molecule has 0 saturated heterocycles. The number of benzene rings is 1. The smallest absolute Gasteiger partial charge is 0.237 e. The molecule has 2 rings (SSSR count). The van der Waals surface area contributed by atoms with Gasteiger partial charge in [-0.3, -0.25) is 4.79 Å². The van der Waals surface area contributed by atoms with Gasteiger partial charge < -0.3 is 5.32 Å². The van der Waals surface area contributed by atoms with Gasteiger partial charge in [0.2, 0.25) is 11.7 Å². The number of aromatic nitrogens is 4. The molecule has 1 amide bonds. The van der Waals surface area contributed by atoms with E-state index in [1.54, 1.807) is 11.8 Å². The number of hydrogen-bond acceptors (Lipinski definition) is 5. The van der Waals surface area contributed by atoms with Crippen LogP contribution < -0.4 is 5.32 Å². The lowest BCUT2D eigenvalue weighted by atomic mass is 10.2. The molecule has 0 aliphatic rings. The van der Waals surface area contributed by atoms with Gasteiger partial charge in [0.1, 0.15) is 5.82 Å². The number of anilines is 1. The molecule has 0 fully saturated rings. The van der Waals surface area contributed by atoms with Gasteiger partial charge in [0.25, 0.3) is 0 Å². The zero-order valence-corrected chi connectivity index (χ0v) is 13.3. The van der Waals surface area contributed by atoms with Crippen LogP contribution in [0.4, 0.5) is 10.1 Å². The number of carbonyl (C=O) groups is 1. The second-order valence-corrected chi connectivity index (χ2v) is 6.23. The maximum absolute atomic E-state index is 13.9. The van der Waals surface area contributed by atoms with E-state index in [0.717, 1.165) is 18.6 Å². The Kier molecular flexibility index (Phi) is 5.88. The lowest BCUT2D eigenvalue weighted by Gasteiger charge is -2.12. The molecule has 0 bridgehead atoms. The third-order valence-corrected chi connectivity index (χ3v) is 4.30. The van der Waals surface area contributed by atoms with E-state index < -0.39 is 5.82 Å². The summed E-state index contributed by atoms with van der Waals surface area (Å²) in [5, 5.41) is 15.8. The van der Waals surface area contributed by atoms with Gasteiger partial charge in [-0.15, -0.1) is 22.0 Å². The number of unbranched alkanes of at least 4 members (excludes halogenated alkanes) is 1. The molecule has 2 aromatic rings. The van der Waals surface area contributed by atoms with E-state index in [0.29, 0.717) is 11.4 Å². The largest absolute Gasteiger partial charge is 0.323 e. The highest BCUT2D eigenvalue weighted by Crippen LogP contribution is 2.23. The molecule has 22 heavy (non-hydrogen) atoms. The van der Waals surface area contributed by atoms with Crippen LogP contribution in [0.1, 0.15) is 26.7 Å². The van der Waals surface area contributed by atoms with Crippen molar-refractivity contribution in [1.29, 1.82) is 0 Å². The summed E-state index contributed by atoms with van der Waals surface area (Å²) in [6.07, 6.45) is 2.15. The molecular formula is C14H18FN5OS. The molecule has 6 nitrogen and oxygen atoms in total. The van der Waals surface area contributed by atoms with Crippen LogP contribution in [0.2, 0.25) is 0 Å². The van der Waals surface area contributed by atoms with Gasteiger partial charge in [0, 0.05) is 5.56 Å². The average molecular weight is 323 g/mol. The first-order valence-electron chi connectivity index (χ1n) is 7.07. The molecule has 1 aromatic carbocycles. The highest BCUT2D eigenvalue weighted by molar-refractivity contribution is 8.00. The Hall–Kier alpha value is -1.96. The van der Waals surface area contributed by atoms with Gasteiger partial charge in [-0.25, -0.2) is 4.39 Å². The first-order chi connectivity index (χ1) is 10.6. The van der Waals surface area contributed by atoms with Crippen molar-refractivity contribution in [2.75, 3.05) is 11.1 Å². The number of tetrazole rings is 1. The number of rotatable bonds is 7. The molecule has 0 spiro atoms. The summed E-state index contributed by atoms with van der Waals surface area (Å²) < 4.78 is 13.9. The second kappa shape index (κ2) is 7.88. The summed E-state index contributed by atoms with van der Waals surface area (Å²) in [6, 6.07) is 4.31. The van der Waals surface area contributed by atoms with E-state index >= 15 is 0 Å². The molecule has 0 aliphatic heterocycles. The van der Waals surface area contributed by atoms with Crippen LogP contribution in [0.5, 0.6) is 0 Å². The molecule has 2 N–H and O–H groups in total.